The first kappa shape index (κ1) is 49.8. The first-order valence-electron chi connectivity index (χ1n) is 23.0. The summed E-state index contributed by atoms with van der Waals surface area (Å²) >= 11 is 2.56. The molecule has 4 amide bonds. The quantitative estimate of drug-likeness (QED) is 0.0684. The van der Waals surface area contributed by atoms with Gasteiger partial charge in [-0.3, -0.25) is 9.59 Å². The van der Waals surface area contributed by atoms with E-state index >= 15 is 4.79 Å². The maximum absolute atomic E-state index is 15.3. The molecule has 6 atom stereocenters. The predicted molar refractivity (Wildman–Crippen MR) is 259 cm³/mol. The van der Waals surface area contributed by atoms with E-state index in [1.54, 1.807) is 36.8 Å². The molecule has 1 saturated heterocycles. The van der Waals surface area contributed by atoms with Crippen molar-refractivity contribution >= 4 is 72.5 Å². The number of nitrogens with zero attached hydrogens (tertiary/aromatic N) is 4. The largest absolute Gasteiger partial charge is 0.497 e. The predicted octanol–water partition coefficient (Wildman–Crippen LogP) is 6.95. The topological polar surface area (TPSA) is 221 Å². The average molecular weight is 981 g/mol. The van der Waals surface area contributed by atoms with Crippen LogP contribution in [-0.2, 0) is 24.4 Å². The number of carboxylic acids is 1. The summed E-state index contributed by atoms with van der Waals surface area (Å²) in [6, 6.07) is 7.11. The molecule has 3 fully saturated rings. The van der Waals surface area contributed by atoms with Gasteiger partial charge in [-0.1, -0.05) is 59.4 Å². The fraction of sp³-hybridized carbons (Fsp3) is 0.574. The lowest BCUT2D eigenvalue weighted by atomic mass is 9.83. The molecular formula is C47H64N8O9S3. The zero-order chi connectivity index (χ0) is 48.4. The van der Waals surface area contributed by atoms with Crippen molar-refractivity contribution in [2.45, 2.75) is 133 Å². The normalized spacial score (nSPS) is 22.1. The number of likely N-dealkylation sites (N-methyl/N-ethyl adjacent to an activating group) is 1. The lowest BCUT2D eigenvalue weighted by molar-refractivity contribution is -0.146. The number of methoxy groups -OCH3 is 1. The minimum absolute atomic E-state index is 0.0344. The summed E-state index contributed by atoms with van der Waals surface area (Å²) in [6.07, 6.45) is 4.12. The van der Waals surface area contributed by atoms with Crippen molar-refractivity contribution in [3.8, 4) is 22.9 Å². The number of benzene rings is 1. The van der Waals surface area contributed by atoms with Gasteiger partial charge in [0.25, 0.3) is 10.0 Å². The second-order valence-electron chi connectivity index (χ2n) is 19.4. The number of pyridine rings is 1. The van der Waals surface area contributed by atoms with Crippen molar-refractivity contribution < 1.29 is 42.2 Å². The second kappa shape index (κ2) is 20.3. The van der Waals surface area contributed by atoms with E-state index in [-0.39, 0.29) is 48.0 Å². The zero-order valence-electron chi connectivity index (χ0n) is 39.5. The van der Waals surface area contributed by atoms with Crippen LogP contribution in [0.5, 0.6) is 11.5 Å². The molecule has 0 bridgehead atoms. The fourth-order valence-corrected chi connectivity index (χ4v) is 12.4. The first-order valence-corrected chi connectivity index (χ1v) is 26.2. The van der Waals surface area contributed by atoms with Crippen LogP contribution in [-0.4, -0.2) is 120 Å². The molecule has 2 unspecified atom stereocenters. The number of ether oxygens (including phenoxy) is 2. The third kappa shape index (κ3) is 11.1. The number of rotatable bonds is 18. The number of amides is 4. The number of thiazole rings is 1. The average Bonchev–Trinajstić information content (AvgIpc) is 3.74. The van der Waals surface area contributed by atoms with E-state index in [0.717, 1.165) is 35.7 Å². The van der Waals surface area contributed by atoms with Crippen LogP contribution in [0.4, 0.5) is 9.93 Å². The molecule has 364 valence electrons. The molecule has 0 radical (unpaired) electrons. The maximum Gasteiger partial charge on any atom is 0.329 e. The smallest absolute Gasteiger partial charge is 0.329 e. The van der Waals surface area contributed by atoms with E-state index < -0.39 is 69.0 Å². The summed E-state index contributed by atoms with van der Waals surface area (Å²) in [5, 5.41) is 27.5. The van der Waals surface area contributed by atoms with Gasteiger partial charge >= 0.3 is 12.0 Å². The Morgan fingerprint density at radius 2 is 1.78 bits per heavy atom. The highest BCUT2D eigenvalue weighted by molar-refractivity contribution is 7.91. The standard InChI is InChI=1S/C47H64N8O9S3/c1-9-29-23-47(29,43(58)59)53-41(56)36-21-31(64-37-22-34(35-26-66-45(50-35)48-27(2)3)49-33-20-30(63-8)17-18-32(33)37)24-55(36)42(57)40(28-14-11-10-12-15-28)52-44(60)51-38(46(4,5)6)25-54(7)67(61,62)39-16-13-19-65-39/h13,16-20,22,26-29,31,36,38,40H,9-12,14-15,21,23-25H2,1-8H3,(H,48,50)(H,53,56)(H,58,59)(H2,51,52,60)/t29?,31-,36+,38?,40+,47-/m1/s1. The van der Waals surface area contributed by atoms with Crippen LogP contribution in [0.15, 0.2) is 51.4 Å². The van der Waals surface area contributed by atoms with Gasteiger partial charge in [0.2, 0.25) is 11.8 Å². The van der Waals surface area contributed by atoms with Crippen molar-refractivity contribution in [2.75, 3.05) is 32.6 Å². The number of thiophene rings is 1. The van der Waals surface area contributed by atoms with E-state index in [9.17, 15) is 27.9 Å². The number of likely N-dealkylation sites (tertiary alicyclic amines) is 1. The Morgan fingerprint density at radius 1 is 1.03 bits per heavy atom. The Labute approximate surface area is 400 Å². The summed E-state index contributed by atoms with van der Waals surface area (Å²) in [4.78, 5) is 67.8. The monoisotopic (exact) mass is 980 g/mol. The number of carboxylic acid groups (broad SMARTS) is 1. The van der Waals surface area contributed by atoms with Crippen molar-refractivity contribution in [2.24, 2.45) is 17.3 Å². The maximum atomic E-state index is 15.3. The van der Waals surface area contributed by atoms with E-state index in [0.29, 0.717) is 53.1 Å². The third-order valence-electron chi connectivity index (χ3n) is 13.2. The van der Waals surface area contributed by atoms with Gasteiger partial charge in [-0.2, -0.15) is 4.31 Å². The van der Waals surface area contributed by atoms with Gasteiger partial charge in [-0.25, -0.2) is 28.0 Å². The van der Waals surface area contributed by atoms with Crippen LogP contribution in [0.2, 0.25) is 0 Å². The number of hydrogen-bond donors (Lipinski definition) is 5. The van der Waals surface area contributed by atoms with Crippen LogP contribution in [0.1, 0.15) is 92.9 Å². The van der Waals surface area contributed by atoms with Crippen LogP contribution >= 0.6 is 22.7 Å². The fourth-order valence-electron chi connectivity index (χ4n) is 9.21. The van der Waals surface area contributed by atoms with Gasteiger partial charge in [0.1, 0.15) is 45.1 Å². The summed E-state index contributed by atoms with van der Waals surface area (Å²) < 4.78 is 40.6. The lowest BCUT2D eigenvalue weighted by Gasteiger charge is -2.37. The number of nitrogens with one attached hydrogen (secondary N) is 4. The van der Waals surface area contributed by atoms with Gasteiger partial charge in [0.05, 0.1) is 24.9 Å². The number of aliphatic carboxylic acids is 1. The molecule has 1 aromatic carbocycles. The second-order valence-corrected chi connectivity index (χ2v) is 23.5. The van der Waals surface area contributed by atoms with Crippen LogP contribution in [0.25, 0.3) is 22.3 Å². The highest BCUT2D eigenvalue weighted by Gasteiger charge is 2.61. The molecule has 2 aliphatic carbocycles. The number of fused-ring (bicyclic) bond motifs is 1. The van der Waals surface area contributed by atoms with E-state index in [1.165, 1.54) is 33.7 Å². The summed E-state index contributed by atoms with van der Waals surface area (Å²) in [6.45, 7) is 11.6. The highest BCUT2D eigenvalue weighted by Crippen LogP contribution is 2.46. The SMILES string of the molecule is CCC1C[C@]1(NC(=O)[C@@H]1C[C@@H](Oc2cc(-c3csc(NC(C)C)n3)nc3cc(OC)ccc23)CN1C(=O)[C@@H](NC(=O)NC(CN(C)S(=O)(=O)c1cccs1)C(C)(C)C)C1CCCCC1)C(=O)O. The number of hydrogen-bond acceptors (Lipinski definition) is 13. The summed E-state index contributed by atoms with van der Waals surface area (Å²) in [7, 11) is -0.782. The van der Waals surface area contributed by atoms with Gasteiger partial charge in [-0.15, -0.1) is 22.7 Å². The molecule has 4 aromatic rings. The van der Waals surface area contributed by atoms with Crippen LogP contribution in [0, 0.1) is 17.3 Å². The van der Waals surface area contributed by atoms with Gasteiger partial charge in [0.15, 0.2) is 5.13 Å². The highest BCUT2D eigenvalue weighted by atomic mass is 32.2. The Balaban J connectivity index is 1.19. The molecule has 17 nitrogen and oxygen atoms in total. The molecule has 7 rings (SSSR count). The van der Waals surface area contributed by atoms with E-state index in [1.807, 2.05) is 53.0 Å². The number of urea groups is 1. The van der Waals surface area contributed by atoms with Gasteiger partial charge in [-0.05, 0) is 73.9 Å². The Kier molecular flexibility index (Phi) is 15.1. The molecule has 1 aliphatic heterocycles. The Hall–Kier alpha value is -5.05. The molecule has 3 aromatic heterocycles. The molecule has 2 saturated carbocycles. The molecule has 4 heterocycles. The number of carbonyl (C=O) groups excluding carboxylic acids is 3. The molecular weight excluding hydrogens is 917 g/mol. The Morgan fingerprint density at radius 3 is 2.40 bits per heavy atom. The third-order valence-corrected chi connectivity index (χ3v) is 17.2. The number of aromatic nitrogens is 2. The van der Waals surface area contributed by atoms with E-state index in [4.69, 9.17) is 19.4 Å². The number of carbonyl (C=O) groups is 4. The minimum Gasteiger partial charge on any atom is -0.497 e. The summed E-state index contributed by atoms with van der Waals surface area (Å²) in [5.74, 6) is -1.71. The van der Waals surface area contributed by atoms with Crippen LogP contribution in [0.3, 0.4) is 0 Å². The van der Waals surface area contributed by atoms with Gasteiger partial charge < -0.3 is 40.7 Å². The lowest BCUT2D eigenvalue weighted by Crippen LogP contribution is -2.61. The zero-order valence-corrected chi connectivity index (χ0v) is 41.9. The number of sulfonamides is 1. The Bertz CT molecular complexity index is 2540. The van der Waals surface area contributed by atoms with Crippen LogP contribution < -0.4 is 30.7 Å². The molecule has 20 heteroatoms. The van der Waals surface area contributed by atoms with Gasteiger partial charge in [0, 0.05) is 55.0 Å². The number of anilines is 1. The molecule has 67 heavy (non-hydrogen) atoms. The van der Waals surface area contributed by atoms with Crippen molar-refractivity contribution in [3.05, 3.63) is 47.2 Å². The van der Waals surface area contributed by atoms with Crippen molar-refractivity contribution in [1.29, 1.82) is 0 Å². The first-order chi connectivity index (χ1) is 31.7. The van der Waals surface area contributed by atoms with E-state index in [2.05, 4.69) is 21.3 Å². The minimum atomic E-state index is -3.83. The van der Waals surface area contributed by atoms with Crippen molar-refractivity contribution in [3.63, 3.8) is 0 Å². The summed E-state index contributed by atoms with van der Waals surface area (Å²) in [5.41, 5.74) is -0.293. The molecule has 5 N–H and O–H groups in total. The molecule has 0 spiro atoms. The van der Waals surface area contributed by atoms with Crippen molar-refractivity contribution in [1.82, 2.24) is 35.1 Å². The molecule has 3 aliphatic rings.